The Kier molecular flexibility index (Phi) is 4.86. The van der Waals surface area contributed by atoms with Crippen molar-refractivity contribution in [2.24, 2.45) is 0 Å². The molecule has 2 heterocycles. The Hall–Kier alpha value is -6.45. The fourth-order valence-electron chi connectivity index (χ4n) is 7.18. The van der Waals surface area contributed by atoms with Crippen LogP contribution in [-0.4, -0.2) is 9.55 Å². The number of fused-ring (bicyclic) bond motifs is 6. The van der Waals surface area contributed by atoms with Gasteiger partial charge in [-0.3, -0.25) is 4.57 Å². The Morgan fingerprint density at radius 2 is 1.15 bits per heavy atom. The Labute approximate surface area is 284 Å². The van der Waals surface area contributed by atoms with Crippen molar-refractivity contribution in [1.82, 2.24) is 9.55 Å². The van der Waals surface area contributed by atoms with E-state index in [9.17, 15) is 0 Å². The van der Waals surface area contributed by atoms with Gasteiger partial charge < -0.3 is 4.42 Å². The largest absolute Gasteiger partial charge is 0.456 e. The topological polar surface area (TPSA) is 31.0 Å². The third-order valence-electron chi connectivity index (χ3n) is 9.28. The molecule has 0 saturated heterocycles. The molecule has 10 rings (SSSR count). The lowest BCUT2D eigenvalue weighted by Gasteiger charge is -2.21. The zero-order chi connectivity index (χ0) is 36.0. The lowest BCUT2D eigenvalue weighted by molar-refractivity contribution is 0.669. The van der Waals surface area contributed by atoms with E-state index in [1.165, 1.54) is 0 Å². The van der Waals surface area contributed by atoms with Crippen molar-refractivity contribution in [1.29, 1.82) is 0 Å². The number of imidazole rings is 1. The van der Waals surface area contributed by atoms with Crippen LogP contribution in [0.5, 0.6) is 0 Å². The summed E-state index contributed by atoms with van der Waals surface area (Å²) in [6.45, 7) is 0. The molecule has 0 aliphatic rings. The molecular weight excluding hydrogens is 585 g/mol. The average molecular weight is 618 g/mol. The minimum atomic E-state index is -0.442. The summed E-state index contributed by atoms with van der Waals surface area (Å²) in [6, 6.07) is 45.3. The number of aromatic nitrogens is 2. The van der Waals surface area contributed by atoms with Crippen LogP contribution in [0, 0.1) is 0 Å². The molecule has 0 amide bonds. The van der Waals surface area contributed by atoms with Gasteiger partial charge in [0.2, 0.25) is 0 Å². The second-order valence-electron chi connectivity index (χ2n) is 12.0. The Morgan fingerprint density at radius 1 is 0.479 bits per heavy atom. The van der Waals surface area contributed by atoms with Crippen molar-refractivity contribution in [3.63, 3.8) is 0 Å². The summed E-state index contributed by atoms with van der Waals surface area (Å²) in [4.78, 5) is 4.99. The molecule has 0 spiro atoms. The van der Waals surface area contributed by atoms with Crippen molar-refractivity contribution in [3.8, 4) is 39.3 Å². The maximum Gasteiger partial charge on any atom is 0.145 e. The maximum absolute atomic E-state index is 8.98. The summed E-state index contributed by atoms with van der Waals surface area (Å²) in [5.74, 6) is 0.279. The van der Waals surface area contributed by atoms with Gasteiger partial charge in [0, 0.05) is 27.1 Å². The van der Waals surface area contributed by atoms with E-state index < -0.39 is 18.1 Å². The number of hydrogen-bond acceptors (Lipinski definition) is 2. The molecule has 8 aromatic carbocycles. The highest BCUT2D eigenvalue weighted by molar-refractivity contribution is 6.20. The molecule has 0 atom stereocenters. The molecule has 3 heteroatoms. The number of hydrogen-bond donors (Lipinski definition) is 0. The number of rotatable bonds is 4. The van der Waals surface area contributed by atoms with Crippen LogP contribution in [0.2, 0.25) is 0 Å². The highest BCUT2D eigenvalue weighted by Gasteiger charge is 2.22. The van der Waals surface area contributed by atoms with Gasteiger partial charge in [0.15, 0.2) is 0 Å². The van der Waals surface area contributed by atoms with Crippen molar-refractivity contribution in [3.05, 3.63) is 170 Å². The molecule has 0 aliphatic heterocycles. The molecular formula is C45H28N2O. The van der Waals surface area contributed by atoms with Crippen LogP contribution < -0.4 is 0 Å². The highest BCUT2D eigenvalue weighted by Crippen LogP contribution is 2.45. The summed E-state index contributed by atoms with van der Waals surface area (Å²) >= 11 is 0. The maximum atomic E-state index is 8.98. The van der Waals surface area contributed by atoms with E-state index >= 15 is 0 Å². The van der Waals surface area contributed by atoms with Gasteiger partial charge in [-0.1, -0.05) is 133 Å². The van der Waals surface area contributed by atoms with E-state index in [2.05, 4.69) is 60.7 Å². The van der Waals surface area contributed by atoms with Crippen molar-refractivity contribution in [2.45, 2.75) is 0 Å². The van der Waals surface area contributed by atoms with Gasteiger partial charge in [0.05, 0.1) is 23.6 Å². The van der Waals surface area contributed by atoms with E-state index in [0.29, 0.717) is 5.52 Å². The van der Waals surface area contributed by atoms with Crippen molar-refractivity contribution in [2.75, 3.05) is 0 Å². The standard InChI is InChI=1S/C45H28N2O/c1-3-13-29(14-4-1)31-23-25-36-38(27-31)43(32-24-26-42-37(28-32)33-17-9-12-22-41(33)48-42)34-18-7-8-19-35(34)44(36)47-40-21-11-10-20-39(40)46-45(47)30-15-5-2-6-16-30/h1-28H/i2D,5D,6D,15D,16D. The van der Waals surface area contributed by atoms with Crippen LogP contribution in [-0.2, 0) is 0 Å². The van der Waals surface area contributed by atoms with Gasteiger partial charge in [-0.15, -0.1) is 0 Å². The Morgan fingerprint density at radius 3 is 2.02 bits per heavy atom. The Balaban J connectivity index is 1.38. The predicted octanol–water partition coefficient (Wildman–Crippen LogP) is 12.2. The van der Waals surface area contributed by atoms with E-state index in [1.54, 1.807) is 0 Å². The van der Waals surface area contributed by atoms with Crippen LogP contribution in [0.3, 0.4) is 0 Å². The van der Waals surface area contributed by atoms with Crippen LogP contribution >= 0.6 is 0 Å². The van der Waals surface area contributed by atoms with Crippen LogP contribution in [0.25, 0.3) is 93.8 Å². The summed E-state index contributed by atoms with van der Waals surface area (Å²) in [6.07, 6.45) is 0. The molecule has 2 aromatic heterocycles. The van der Waals surface area contributed by atoms with E-state index in [-0.39, 0.29) is 23.5 Å². The first-order valence-corrected chi connectivity index (χ1v) is 15.9. The molecule has 3 nitrogen and oxygen atoms in total. The summed E-state index contributed by atoms with van der Waals surface area (Å²) in [7, 11) is 0. The molecule has 0 unspecified atom stereocenters. The lowest BCUT2D eigenvalue weighted by atomic mass is 9.88. The lowest BCUT2D eigenvalue weighted by Crippen LogP contribution is -2.01. The van der Waals surface area contributed by atoms with E-state index in [0.717, 1.165) is 76.9 Å². The molecule has 0 fully saturated rings. The number of para-hydroxylation sites is 3. The first-order valence-electron chi connectivity index (χ1n) is 18.4. The molecule has 0 saturated carbocycles. The van der Waals surface area contributed by atoms with Gasteiger partial charge in [0.1, 0.15) is 17.0 Å². The van der Waals surface area contributed by atoms with Gasteiger partial charge in [-0.25, -0.2) is 4.98 Å². The second kappa shape index (κ2) is 10.5. The summed E-state index contributed by atoms with van der Waals surface area (Å²) in [5.41, 5.74) is 8.13. The number of nitrogens with zero attached hydrogens (tertiary/aromatic N) is 2. The average Bonchev–Trinajstić information content (AvgIpc) is 3.76. The summed E-state index contributed by atoms with van der Waals surface area (Å²) in [5, 5.41) is 5.92. The molecule has 48 heavy (non-hydrogen) atoms. The monoisotopic (exact) mass is 617 g/mol. The first-order chi connectivity index (χ1) is 25.9. The van der Waals surface area contributed by atoms with Gasteiger partial charge in [0.25, 0.3) is 0 Å². The first kappa shape index (κ1) is 22.1. The third-order valence-corrected chi connectivity index (χ3v) is 9.28. The van der Waals surface area contributed by atoms with Crippen LogP contribution in [0.1, 0.15) is 6.85 Å². The van der Waals surface area contributed by atoms with Gasteiger partial charge >= 0.3 is 0 Å². The van der Waals surface area contributed by atoms with Gasteiger partial charge in [-0.2, -0.15) is 0 Å². The molecule has 0 radical (unpaired) electrons. The second-order valence-corrected chi connectivity index (χ2v) is 12.0. The Bertz CT molecular complexity index is 3100. The zero-order valence-electron chi connectivity index (χ0n) is 30.6. The van der Waals surface area contributed by atoms with E-state index in [1.807, 2.05) is 83.4 Å². The molecule has 0 N–H and O–H groups in total. The number of benzene rings is 8. The molecule has 224 valence electrons. The number of furan rings is 1. The quantitative estimate of drug-likeness (QED) is 0.184. The van der Waals surface area contributed by atoms with Crippen molar-refractivity contribution < 1.29 is 11.3 Å². The minimum absolute atomic E-state index is 0.0479. The van der Waals surface area contributed by atoms with Crippen LogP contribution in [0.15, 0.2) is 174 Å². The third kappa shape index (κ3) is 4.04. The minimum Gasteiger partial charge on any atom is -0.456 e. The molecule has 0 aliphatic carbocycles. The SMILES string of the molecule is [2H]c1c([2H])c([2H])c(-c2nc3ccccc3n2-c2c3ccccc3c(-c3ccc4oc5ccccc5c4c3)c3cc(-c4ccccc4)ccc23)c([2H])c1[2H]. The predicted molar refractivity (Wildman–Crippen MR) is 200 cm³/mol. The van der Waals surface area contributed by atoms with E-state index in [4.69, 9.17) is 16.3 Å². The molecule has 0 bridgehead atoms. The molecule has 10 aromatic rings. The fourth-order valence-corrected chi connectivity index (χ4v) is 7.18. The van der Waals surface area contributed by atoms with Gasteiger partial charge in [-0.05, 0) is 69.4 Å². The summed E-state index contributed by atoms with van der Waals surface area (Å²) < 4.78 is 51.5. The van der Waals surface area contributed by atoms with Crippen LogP contribution in [0.4, 0.5) is 0 Å². The van der Waals surface area contributed by atoms with Crippen molar-refractivity contribution >= 4 is 54.5 Å². The highest BCUT2D eigenvalue weighted by atomic mass is 16.3. The normalized spacial score (nSPS) is 13.2. The smallest absolute Gasteiger partial charge is 0.145 e. The zero-order valence-corrected chi connectivity index (χ0v) is 25.6. The fraction of sp³-hybridized carbons (Fsp3) is 0.